The largest absolute Gasteiger partial charge is 0.394 e. The second kappa shape index (κ2) is 2.90. The third-order valence-electron chi connectivity index (χ3n) is 1.85. The van der Waals surface area contributed by atoms with Gasteiger partial charge in [-0.25, -0.2) is 0 Å². The first kappa shape index (κ1) is 9.82. The molecule has 0 aromatic rings. The maximum absolute atomic E-state index is 12.1. The molecule has 0 bridgehead atoms. The summed E-state index contributed by atoms with van der Waals surface area (Å²) in [5.74, 6) is -3.95. The van der Waals surface area contributed by atoms with Gasteiger partial charge in [-0.15, -0.1) is 0 Å². The maximum atomic E-state index is 12.1. The molecule has 4 nitrogen and oxygen atoms in total. The van der Waals surface area contributed by atoms with Crippen LogP contribution in [0, 0.1) is 5.92 Å². The van der Waals surface area contributed by atoms with E-state index >= 15 is 0 Å². The predicted octanol–water partition coefficient (Wildman–Crippen LogP) is -0.461. The first-order valence-corrected chi connectivity index (χ1v) is 3.48. The fourth-order valence-electron chi connectivity index (χ4n) is 1.22. The highest BCUT2D eigenvalue weighted by atomic mass is 19.4. The zero-order valence-electron chi connectivity index (χ0n) is 6.39. The van der Waals surface area contributed by atoms with Gasteiger partial charge in [0.1, 0.15) is 6.04 Å². The molecule has 7 heteroatoms. The maximum Gasteiger partial charge on any atom is 0.394 e. The average molecular weight is 196 g/mol. The Bertz CT molecular complexity index is 251. The van der Waals surface area contributed by atoms with Crippen LogP contribution in [0.25, 0.3) is 0 Å². The molecule has 3 N–H and O–H groups in total. The number of carbonyl (C=O) groups is 2. The third-order valence-corrected chi connectivity index (χ3v) is 1.85. The van der Waals surface area contributed by atoms with E-state index in [-0.39, 0.29) is 0 Å². The number of halogens is 3. The summed E-state index contributed by atoms with van der Waals surface area (Å²) in [5, 5.41) is 1.88. The Balaban J connectivity index is 2.84. The minimum atomic E-state index is -4.57. The van der Waals surface area contributed by atoms with Crippen LogP contribution in [0.2, 0.25) is 0 Å². The molecule has 1 heterocycles. The molecule has 2 atom stereocenters. The Morgan fingerprint density at radius 2 is 2.08 bits per heavy atom. The molecule has 13 heavy (non-hydrogen) atoms. The van der Waals surface area contributed by atoms with Gasteiger partial charge in [-0.05, 0) is 0 Å². The number of nitrogens with two attached hydrogens (primary N) is 1. The van der Waals surface area contributed by atoms with Crippen molar-refractivity contribution in [2.45, 2.75) is 18.6 Å². The lowest BCUT2D eigenvalue weighted by atomic mass is 10.00. The number of alkyl halides is 3. The highest BCUT2D eigenvalue weighted by molar-refractivity contribution is 5.90. The van der Waals surface area contributed by atoms with E-state index in [4.69, 9.17) is 5.73 Å². The number of nitrogens with one attached hydrogen (secondary N) is 1. The van der Waals surface area contributed by atoms with Gasteiger partial charge < -0.3 is 11.1 Å². The van der Waals surface area contributed by atoms with E-state index in [9.17, 15) is 22.8 Å². The number of hydrogen-bond acceptors (Lipinski definition) is 2. The lowest BCUT2D eigenvalue weighted by Crippen LogP contribution is -2.45. The lowest BCUT2D eigenvalue weighted by Gasteiger charge is -2.18. The predicted molar refractivity (Wildman–Crippen MR) is 35.3 cm³/mol. The Morgan fingerprint density at radius 1 is 1.54 bits per heavy atom. The summed E-state index contributed by atoms with van der Waals surface area (Å²) in [6.07, 6.45) is -5.30. The first-order valence-electron chi connectivity index (χ1n) is 3.48. The molecule has 2 unspecified atom stereocenters. The van der Waals surface area contributed by atoms with Gasteiger partial charge in [0.15, 0.2) is 0 Å². The van der Waals surface area contributed by atoms with E-state index < -0.39 is 36.4 Å². The van der Waals surface area contributed by atoms with Gasteiger partial charge in [0.05, 0.1) is 5.92 Å². The second-order valence-electron chi connectivity index (χ2n) is 2.80. The van der Waals surface area contributed by atoms with Crippen molar-refractivity contribution in [1.29, 1.82) is 0 Å². The standard InChI is InChI=1S/C6H7F3N2O2/c7-6(8,9)2-1-3(12)11-4(2)5(10)13/h2,4H,1H2,(H2,10,13)(H,11,12). The SMILES string of the molecule is NC(=O)C1NC(=O)CC1C(F)(F)F. The molecule has 0 aromatic heterocycles. The van der Waals surface area contributed by atoms with Crippen molar-refractivity contribution in [3.8, 4) is 0 Å². The summed E-state index contributed by atoms with van der Waals surface area (Å²) in [7, 11) is 0. The smallest absolute Gasteiger partial charge is 0.368 e. The summed E-state index contributed by atoms with van der Waals surface area (Å²) in [4.78, 5) is 21.1. The minimum absolute atomic E-state index is 0.725. The Labute approximate surface area is 71.3 Å². The van der Waals surface area contributed by atoms with Crippen LogP contribution < -0.4 is 11.1 Å². The second-order valence-corrected chi connectivity index (χ2v) is 2.80. The highest BCUT2D eigenvalue weighted by Gasteiger charge is 2.52. The van der Waals surface area contributed by atoms with Gasteiger partial charge in [-0.3, -0.25) is 9.59 Å². The van der Waals surface area contributed by atoms with Crippen molar-refractivity contribution in [2.75, 3.05) is 0 Å². The Kier molecular flexibility index (Phi) is 2.19. The summed E-state index contributed by atoms with van der Waals surface area (Å²) in [5.41, 5.74) is 4.69. The number of hydrogen-bond donors (Lipinski definition) is 2. The Hall–Kier alpha value is -1.27. The number of primary amides is 1. The first-order chi connectivity index (χ1) is 5.82. The van der Waals surface area contributed by atoms with Crippen molar-refractivity contribution in [1.82, 2.24) is 5.32 Å². The van der Waals surface area contributed by atoms with Crippen LogP contribution in [0.15, 0.2) is 0 Å². The average Bonchev–Trinajstić information content (AvgIpc) is 2.29. The number of carbonyl (C=O) groups excluding carboxylic acids is 2. The highest BCUT2D eigenvalue weighted by Crippen LogP contribution is 2.34. The minimum Gasteiger partial charge on any atom is -0.368 e. The fourth-order valence-corrected chi connectivity index (χ4v) is 1.22. The lowest BCUT2D eigenvalue weighted by molar-refractivity contribution is -0.179. The van der Waals surface area contributed by atoms with E-state index in [1.807, 2.05) is 5.32 Å². The molecule has 1 aliphatic rings. The molecule has 1 saturated heterocycles. The van der Waals surface area contributed by atoms with E-state index in [0.717, 1.165) is 0 Å². The molecule has 1 rings (SSSR count). The molecular weight excluding hydrogens is 189 g/mol. The van der Waals surface area contributed by atoms with E-state index in [0.29, 0.717) is 0 Å². The van der Waals surface area contributed by atoms with Crippen LogP contribution in [-0.2, 0) is 9.59 Å². The van der Waals surface area contributed by atoms with Gasteiger partial charge in [0, 0.05) is 6.42 Å². The molecular formula is C6H7F3N2O2. The zero-order valence-corrected chi connectivity index (χ0v) is 6.39. The summed E-state index contributed by atoms with van der Waals surface area (Å²) in [6.45, 7) is 0. The van der Waals surface area contributed by atoms with Gasteiger partial charge in [-0.1, -0.05) is 0 Å². The van der Waals surface area contributed by atoms with Crippen molar-refractivity contribution in [3.63, 3.8) is 0 Å². The third kappa shape index (κ3) is 1.90. The zero-order chi connectivity index (χ0) is 10.2. The normalized spacial score (nSPS) is 28.7. The summed E-state index contributed by atoms with van der Waals surface area (Å²) in [6, 6.07) is -1.62. The van der Waals surface area contributed by atoms with Crippen molar-refractivity contribution >= 4 is 11.8 Å². The molecule has 0 saturated carbocycles. The summed E-state index contributed by atoms with van der Waals surface area (Å²) >= 11 is 0. The molecule has 74 valence electrons. The Morgan fingerprint density at radius 3 is 2.38 bits per heavy atom. The van der Waals surface area contributed by atoms with E-state index in [2.05, 4.69) is 0 Å². The molecule has 0 aromatic carbocycles. The van der Waals surface area contributed by atoms with Crippen LogP contribution in [0.5, 0.6) is 0 Å². The van der Waals surface area contributed by atoms with Crippen LogP contribution in [0.1, 0.15) is 6.42 Å². The van der Waals surface area contributed by atoms with Crippen LogP contribution in [0.3, 0.4) is 0 Å². The quantitative estimate of drug-likeness (QED) is 0.595. The topological polar surface area (TPSA) is 72.2 Å². The van der Waals surface area contributed by atoms with Gasteiger partial charge >= 0.3 is 6.18 Å². The van der Waals surface area contributed by atoms with Gasteiger partial charge in [0.25, 0.3) is 0 Å². The molecule has 0 aliphatic carbocycles. The van der Waals surface area contributed by atoms with Crippen molar-refractivity contribution < 1.29 is 22.8 Å². The molecule has 1 aliphatic heterocycles. The number of rotatable bonds is 1. The van der Waals surface area contributed by atoms with Crippen molar-refractivity contribution in [2.24, 2.45) is 11.7 Å². The molecule has 1 fully saturated rings. The summed E-state index contributed by atoms with van der Waals surface area (Å²) < 4.78 is 36.4. The molecule has 0 radical (unpaired) electrons. The number of amides is 2. The van der Waals surface area contributed by atoms with Gasteiger partial charge in [-0.2, -0.15) is 13.2 Å². The van der Waals surface area contributed by atoms with Crippen LogP contribution >= 0.6 is 0 Å². The fraction of sp³-hybridized carbons (Fsp3) is 0.667. The van der Waals surface area contributed by atoms with E-state index in [1.54, 1.807) is 0 Å². The molecule has 2 amide bonds. The van der Waals surface area contributed by atoms with Crippen LogP contribution in [-0.4, -0.2) is 24.0 Å². The molecule has 0 spiro atoms. The van der Waals surface area contributed by atoms with E-state index in [1.165, 1.54) is 0 Å². The monoisotopic (exact) mass is 196 g/mol. The van der Waals surface area contributed by atoms with Crippen LogP contribution in [0.4, 0.5) is 13.2 Å². The van der Waals surface area contributed by atoms with Gasteiger partial charge in [0.2, 0.25) is 11.8 Å². The van der Waals surface area contributed by atoms with Crippen molar-refractivity contribution in [3.05, 3.63) is 0 Å².